The van der Waals surface area contributed by atoms with Crippen LogP contribution in [0.15, 0.2) is 36.7 Å². The first kappa shape index (κ1) is 13.3. The molecule has 19 heavy (non-hydrogen) atoms. The average molecular weight is 257 g/mol. The summed E-state index contributed by atoms with van der Waals surface area (Å²) in [6.07, 6.45) is 4.43. The molecule has 0 saturated carbocycles. The number of amides is 1. The number of nitrogens with zero attached hydrogens (tertiary/aromatic N) is 2. The van der Waals surface area contributed by atoms with E-state index in [0.717, 1.165) is 17.7 Å². The van der Waals surface area contributed by atoms with Crippen LogP contribution in [0.2, 0.25) is 0 Å². The zero-order valence-corrected chi connectivity index (χ0v) is 11.4. The maximum atomic E-state index is 12.4. The van der Waals surface area contributed by atoms with Gasteiger partial charge in [0.25, 0.3) is 5.91 Å². The Morgan fingerprint density at radius 2 is 2.16 bits per heavy atom. The minimum Gasteiger partial charge on any atom is -0.354 e. The van der Waals surface area contributed by atoms with Gasteiger partial charge in [-0.1, -0.05) is 13.0 Å². The first-order valence-electron chi connectivity index (χ1n) is 6.60. The molecule has 4 nitrogen and oxygen atoms in total. The summed E-state index contributed by atoms with van der Waals surface area (Å²) in [5.41, 5.74) is 2.78. The van der Waals surface area contributed by atoms with Crippen LogP contribution in [0, 0.1) is 0 Å². The number of nitrogens with one attached hydrogen (secondary N) is 1. The normalized spacial score (nSPS) is 10.4. The van der Waals surface area contributed by atoms with Crippen LogP contribution in [0.3, 0.4) is 0 Å². The molecule has 0 spiro atoms. The molecule has 0 aliphatic heterocycles. The Balaban J connectivity index is 2.11. The van der Waals surface area contributed by atoms with Gasteiger partial charge in [0, 0.05) is 31.2 Å². The molecule has 0 aromatic carbocycles. The van der Waals surface area contributed by atoms with E-state index in [-0.39, 0.29) is 5.91 Å². The SMILES string of the molecule is CCc1ccc(C(=O)N(CC)Cc2cccnc2)[nH]1. The number of H-pyrrole nitrogens is 1. The van der Waals surface area contributed by atoms with E-state index in [0.29, 0.717) is 18.8 Å². The van der Waals surface area contributed by atoms with E-state index < -0.39 is 0 Å². The van der Waals surface area contributed by atoms with Gasteiger partial charge in [0.2, 0.25) is 0 Å². The summed E-state index contributed by atoms with van der Waals surface area (Å²) in [7, 11) is 0. The molecule has 0 atom stereocenters. The molecule has 2 rings (SSSR count). The first-order chi connectivity index (χ1) is 9.24. The molecule has 0 fully saturated rings. The number of pyridine rings is 1. The predicted molar refractivity (Wildman–Crippen MR) is 74.8 cm³/mol. The van der Waals surface area contributed by atoms with Crippen molar-refractivity contribution >= 4 is 5.91 Å². The minimum atomic E-state index is 0.0334. The number of hydrogen-bond acceptors (Lipinski definition) is 2. The van der Waals surface area contributed by atoms with Crippen LogP contribution >= 0.6 is 0 Å². The fourth-order valence-electron chi connectivity index (χ4n) is 1.98. The number of carbonyl (C=O) groups is 1. The molecule has 1 amide bonds. The van der Waals surface area contributed by atoms with Crippen LogP contribution in [-0.4, -0.2) is 27.3 Å². The smallest absolute Gasteiger partial charge is 0.270 e. The molecule has 100 valence electrons. The molecular weight excluding hydrogens is 238 g/mol. The molecule has 0 aliphatic carbocycles. The topological polar surface area (TPSA) is 49.0 Å². The van der Waals surface area contributed by atoms with Gasteiger partial charge in [-0.2, -0.15) is 0 Å². The Morgan fingerprint density at radius 1 is 1.32 bits per heavy atom. The molecule has 0 saturated heterocycles. The summed E-state index contributed by atoms with van der Waals surface area (Å²) in [5, 5.41) is 0. The summed E-state index contributed by atoms with van der Waals surface area (Å²) in [5.74, 6) is 0.0334. The third-order valence-electron chi connectivity index (χ3n) is 3.12. The van der Waals surface area contributed by atoms with E-state index in [1.165, 1.54) is 0 Å². The summed E-state index contributed by atoms with van der Waals surface area (Å²) < 4.78 is 0. The number of aromatic nitrogens is 2. The van der Waals surface area contributed by atoms with Gasteiger partial charge in [-0.05, 0) is 37.1 Å². The van der Waals surface area contributed by atoms with Gasteiger partial charge in [-0.15, -0.1) is 0 Å². The molecule has 2 aromatic heterocycles. The van der Waals surface area contributed by atoms with Crippen molar-refractivity contribution in [1.29, 1.82) is 0 Å². The van der Waals surface area contributed by atoms with E-state index >= 15 is 0 Å². The van der Waals surface area contributed by atoms with Gasteiger partial charge in [0.05, 0.1) is 0 Å². The zero-order chi connectivity index (χ0) is 13.7. The van der Waals surface area contributed by atoms with E-state index in [2.05, 4.69) is 16.9 Å². The number of hydrogen-bond donors (Lipinski definition) is 1. The van der Waals surface area contributed by atoms with E-state index in [4.69, 9.17) is 0 Å². The highest BCUT2D eigenvalue weighted by molar-refractivity contribution is 5.92. The zero-order valence-electron chi connectivity index (χ0n) is 11.4. The van der Waals surface area contributed by atoms with Crippen molar-refractivity contribution in [1.82, 2.24) is 14.9 Å². The Bertz CT molecular complexity index is 533. The number of aryl methyl sites for hydroxylation is 1. The molecule has 0 radical (unpaired) electrons. The highest BCUT2D eigenvalue weighted by atomic mass is 16.2. The Morgan fingerprint density at radius 3 is 2.74 bits per heavy atom. The van der Waals surface area contributed by atoms with Gasteiger partial charge < -0.3 is 9.88 Å². The molecule has 2 aromatic rings. The second-order valence-electron chi connectivity index (χ2n) is 4.43. The third kappa shape index (κ3) is 3.22. The number of aromatic amines is 1. The van der Waals surface area contributed by atoms with Crippen LogP contribution in [0.25, 0.3) is 0 Å². The van der Waals surface area contributed by atoms with Crippen LogP contribution in [0.5, 0.6) is 0 Å². The maximum Gasteiger partial charge on any atom is 0.270 e. The lowest BCUT2D eigenvalue weighted by Crippen LogP contribution is -2.30. The highest BCUT2D eigenvalue weighted by Crippen LogP contribution is 2.10. The lowest BCUT2D eigenvalue weighted by Gasteiger charge is -2.20. The molecule has 4 heteroatoms. The van der Waals surface area contributed by atoms with Gasteiger partial charge in [0.1, 0.15) is 5.69 Å². The lowest BCUT2D eigenvalue weighted by atomic mass is 10.2. The quantitative estimate of drug-likeness (QED) is 0.895. The van der Waals surface area contributed by atoms with Crippen LogP contribution in [0.4, 0.5) is 0 Å². The van der Waals surface area contributed by atoms with E-state index in [9.17, 15) is 4.79 Å². The fourth-order valence-corrected chi connectivity index (χ4v) is 1.98. The molecule has 0 unspecified atom stereocenters. The van der Waals surface area contributed by atoms with Crippen molar-refractivity contribution in [3.8, 4) is 0 Å². The molecule has 0 bridgehead atoms. The molecular formula is C15H19N3O. The standard InChI is InChI=1S/C15H19N3O/c1-3-13-7-8-14(17-13)15(19)18(4-2)11-12-6-5-9-16-10-12/h5-10,17H,3-4,11H2,1-2H3. The van der Waals surface area contributed by atoms with E-state index in [1.807, 2.05) is 36.1 Å². The second-order valence-corrected chi connectivity index (χ2v) is 4.43. The van der Waals surface area contributed by atoms with Crippen LogP contribution in [0.1, 0.15) is 35.6 Å². The predicted octanol–water partition coefficient (Wildman–Crippen LogP) is 2.63. The third-order valence-corrected chi connectivity index (χ3v) is 3.12. The minimum absolute atomic E-state index is 0.0334. The summed E-state index contributed by atoms with van der Waals surface area (Å²) in [6.45, 7) is 5.31. The maximum absolute atomic E-state index is 12.4. The van der Waals surface area contributed by atoms with Crippen molar-refractivity contribution in [2.24, 2.45) is 0 Å². The van der Waals surface area contributed by atoms with E-state index in [1.54, 1.807) is 12.4 Å². The van der Waals surface area contributed by atoms with Crippen molar-refractivity contribution in [2.45, 2.75) is 26.8 Å². The van der Waals surface area contributed by atoms with Crippen molar-refractivity contribution < 1.29 is 4.79 Å². The Hall–Kier alpha value is -2.10. The Kier molecular flexibility index (Phi) is 4.34. The summed E-state index contributed by atoms with van der Waals surface area (Å²) in [4.78, 5) is 21.4. The van der Waals surface area contributed by atoms with Crippen molar-refractivity contribution in [3.05, 3.63) is 53.6 Å². The van der Waals surface area contributed by atoms with Gasteiger partial charge in [0.15, 0.2) is 0 Å². The number of rotatable bonds is 5. The van der Waals surface area contributed by atoms with Crippen LogP contribution in [-0.2, 0) is 13.0 Å². The average Bonchev–Trinajstić information content (AvgIpc) is 2.94. The van der Waals surface area contributed by atoms with Gasteiger partial charge in [-0.3, -0.25) is 9.78 Å². The monoisotopic (exact) mass is 257 g/mol. The van der Waals surface area contributed by atoms with Crippen LogP contribution < -0.4 is 0 Å². The molecule has 0 aliphatic rings. The Labute approximate surface area is 113 Å². The van der Waals surface area contributed by atoms with Gasteiger partial charge in [-0.25, -0.2) is 0 Å². The fraction of sp³-hybridized carbons (Fsp3) is 0.333. The highest BCUT2D eigenvalue weighted by Gasteiger charge is 2.15. The molecule has 2 heterocycles. The summed E-state index contributed by atoms with van der Waals surface area (Å²) >= 11 is 0. The largest absolute Gasteiger partial charge is 0.354 e. The number of carbonyl (C=O) groups excluding carboxylic acids is 1. The molecule has 1 N–H and O–H groups in total. The lowest BCUT2D eigenvalue weighted by molar-refractivity contribution is 0.0747. The van der Waals surface area contributed by atoms with Gasteiger partial charge >= 0.3 is 0 Å². The van der Waals surface area contributed by atoms with Crippen molar-refractivity contribution in [3.63, 3.8) is 0 Å². The summed E-state index contributed by atoms with van der Waals surface area (Å²) in [6, 6.07) is 7.69. The van der Waals surface area contributed by atoms with Crippen molar-refractivity contribution in [2.75, 3.05) is 6.54 Å². The second kappa shape index (κ2) is 6.18. The first-order valence-corrected chi connectivity index (χ1v) is 6.60.